The van der Waals surface area contributed by atoms with E-state index in [1.807, 2.05) is 0 Å². The summed E-state index contributed by atoms with van der Waals surface area (Å²) in [4.78, 5) is 12.0. The molecule has 7 nitrogen and oxygen atoms in total. The summed E-state index contributed by atoms with van der Waals surface area (Å²) >= 11 is 0. The van der Waals surface area contributed by atoms with Crippen molar-refractivity contribution in [1.82, 2.24) is 0 Å². The lowest BCUT2D eigenvalue weighted by atomic mass is 9.94. The van der Waals surface area contributed by atoms with E-state index in [0.717, 1.165) is 6.26 Å². The van der Waals surface area contributed by atoms with Crippen LogP contribution in [0.2, 0.25) is 0 Å². The molecule has 0 aliphatic rings. The van der Waals surface area contributed by atoms with E-state index in [9.17, 15) is 21.6 Å². The molecule has 0 fully saturated rings. The van der Waals surface area contributed by atoms with Crippen LogP contribution in [0.1, 0.15) is 13.8 Å². The van der Waals surface area contributed by atoms with Crippen LogP contribution in [-0.2, 0) is 25.1 Å². The van der Waals surface area contributed by atoms with Crippen LogP contribution in [0.15, 0.2) is 33.5 Å². The lowest BCUT2D eigenvalue weighted by molar-refractivity contribution is -0.143. The largest absolute Gasteiger partial charge is 0.426 e. The van der Waals surface area contributed by atoms with Crippen molar-refractivity contribution in [3.05, 3.63) is 24.3 Å². The molecule has 1 aromatic rings. The number of ether oxygens (including phenoxy) is 1. The fourth-order valence-corrected chi connectivity index (χ4v) is 2.38. The van der Waals surface area contributed by atoms with E-state index in [4.69, 9.17) is 4.74 Å². The second-order valence-electron chi connectivity index (χ2n) is 5.02. The topological polar surface area (TPSA) is 107 Å². The van der Waals surface area contributed by atoms with Gasteiger partial charge in [-0.2, -0.15) is 12.8 Å². The van der Waals surface area contributed by atoms with Crippen LogP contribution in [0.3, 0.4) is 0 Å². The standard InChI is InChI=1S/C12H15NO6S2/c1-12(2,8-13-20(15)16)11(14)19-9-5-4-6-10(7-9)21(3,17)18/h4-7H,8H2,1-3H3. The minimum Gasteiger partial charge on any atom is -0.426 e. The van der Waals surface area contributed by atoms with Gasteiger partial charge in [0.2, 0.25) is 0 Å². The summed E-state index contributed by atoms with van der Waals surface area (Å²) in [5.41, 5.74) is -1.15. The highest BCUT2D eigenvalue weighted by molar-refractivity contribution is 7.90. The predicted octanol–water partition coefficient (Wildman–Crippen LogP) is 1.08. The van der Waals surface area contributed by atoms with Gasteiger partial charge >= 0.3 is 16.5 Å². The minimum atomic E-state index is -3.41. The summed E-state index contributed by atoms with van der Waals surface area (Å²) in [6, 6.07) is 5.49. The van der Waals surface area contributed by atoms with Crippen LogP contribution >= 0.6 is 0 Å². The average Bonchev–Trinajstić information content (AvgIpc) is 2.36. The zero-order valence-corrected chi connectivity index (χ0v) is 13.4. The molecule has 1 aromatic carbocycles. The molecule has 0 heterocycles. The van der Waals surface area contributed by atoms with Gasteiger partial charge in [0.1, 0.15) is 5.75 Å². The Hall–Kier alpha value is -1.74. The number of carbonyl (C=O) groups is 1. The Kier molecular flexibility index (Phi) is 5.24. The molecule has 0 saturated heterocycles. The summed E-state index contributed by atoms with van der Waals surface area (Å²) < 4.78 is 52.0. The Morgan fingerprint density at radius 1 is 1.33 bits per heavy atom. The molecule has 0 aromatic heterocycles. The van der Waals surface area contributed by atoms with E-state index in [1.165, 1.54) is 38.1 Å². The van der Waals surface area contributed by atoms with Crippen LogP contribution in [-0.4, -0.2) is 35.6 Å². The third kappa shape index (κ3) is 5.27. The van der Waals surface area contributed by atoms with E-state index in [0.29, 0.717) is 0 Å². The van der Waals surface area contributed by atoms with E-state index >= 15 is 0 Å². The van der Waals surface area contributed by atoms with Crippen molar-refractivity contribution >= 4 is 26.3 Å². The quantitative estimate of drug-likeness (QED) is 0.589. The Morgan fingerprint density at radius 3 is 2.48 bits per heavy atom. The third-order valence-electron chi connectivity index (χ3n) is 2.56. The molecule has 0 radical (unpaired) electrons. The van der Waals surface area contributed by atoms with E-state index in [2.05, 4.69) is 4.36 Å². The smallest absolute Gasteiger partial charge is 0.318 e. The molecule has 116 valence electrons. The Bertz CT molecular complexity index is 770. The lowest BCUT2D eigenvalue weighted by Crippen LogP contribution is -2.31. The Labute approximate surface area is 124 Å². The number of hydrogen-bond donors (Lipinski definition) is 0. The van der Waals surface area contributed by atoms with Gasteiger partial charge in [0.05, 0.1) is 16.9 Å². The first-order valence-corrected chi connectivity index (χ1v) is 8.74. The van der Waals surface area contributed by atoms with Crippen molar-refractivity contribution in [1.29, 1.82) is 0 Å². The van der Waals surface area contributed by atoms with Crippen molar-refractivity contribution in [2.75, 3.05) is 12.8 Å². The number of benzene rings is 1. The molecule has 0 unspecified atom stereocenters. The van der Waals surface area contributed by atoms with Crippen molar-refractivity contribution in [3.63, 3.8) is 0 Å². The van der Waals surface area contributed by atoms with Gasteiger partial charge in [0.15, 0.2) is 9.84 Å². The molecule has 0 spiro atoms. The molecule has 0 bridgehead atoms. The second-order valence-corrected chi connectivity index (χ2v) is 7.73. The average molecular weight is 333 g/mol. The molecular formula is C12H15NO6S2. The monoisotopic (exact) mass is 333 g/mol. The molecule has 0 atom stereocenters. The maximum absolute atomic E-state index is 12.0. The molecule has 0 aliphatic heterocycles. The third-order valence-corrected chi connectivity index (χ3v) is 4.01. The van der Waals surface area contributed by atoms with Gasteiger partial charge in [-0.05, 0) is 32.0 Å². The highest BCUT2D eigenvalue weighted by Gasteiger charge is 2.30. The summed E-state index contributed by atoms with van der Waals surface area (Å²) in [5, 5.41) is 0. The SMILES string of the molecule is CC(C)(CN=S(=O)=O)C(=O)Oc1cccc(S(C)(=O)=O)c1. The first-order valence-electron chi connectivity index (χ1n) is 5.82. The van der Waals surface area contributed by atoms with Crippen molar-refractivity contribution in [3.8, 4) is 5.75 Å². The first kappa shape index (κ1) is 17.3. The molecule has 0 N–H and O–H groups in total. The number of carbonyl (C=O) groups excluding carboxylic acids is 1. The van der Waals surface area contributed by atoms with Gasteiger partial charge in [-0.15, -0.1) is 0 Å². The second kappa shape index (κ2) is 6.35. The molecule has 9 heteroatoms. The number of nitrogens with zero attached hydrogens (tertiary/aromatic N) is 1. The van der Waals surface area contributed by atoms with Gasteiger partial charge in [0, 0.05) is 6.26 Å². The summed E-state index contributed by atoms with van der Waals surface area (Å²) in [5.74, 6) is -0.637. The maximum Gasteiger partial charge on any atom is 0.318 e. The summed E-state index contributed by atoms with van der Waals surface area (Å²) in [7, 11) is -6.01. The van der Waals surface area contributed by atoms with E-state index in [-0.39, 0.29) is 17.2 Å². The molecule has 0 aliphatic carbocycles. The van der Waals surface area contributed by atoms with Crippen LogP contribution in [0.5, 0.6) is 5.75 Å². The zero-order valence-electron chi connectivity index (χ0n) is 11.7. The van der Waals surface area contributed by atoms with Crippen LogP contribution in [0.4, 0.5) is 0 Å². The summed E-state index contributed by atoms with van der Waals surface area (Å²) in [6.45, 7) is 2.70. The van der Waals surface area contributed by atoms with Gasteiger partial charge < -0.3 is 4.74 Å². The number of rotatable bonds is 5. The first-order chi connectivity index (χ1) is 9.52. The highest BCUT2D eigenvalue weighted by atomic mass is 32.2. The minimum absolute atomic E-state index is 0.0240. The van der Waals surface area contributed by atoms with Crippen molar-refractivity contribution in [2.45, 2.75) is 18.7 Å². The number of hydrogen-bond acceptors (Lipinski definition) is 7. The Balaban J connectivity index is 2.96. The van der Waals surface area contributed by atoms with Crippen molar-refractivity contribution < 1.29 is 26.4 Å². The summed E-state index contributed by atoms with van der Waals surface area (Å²) in [6.07, 6.45) is 1.04. The normalized spacial score (nSPS) is 11.8. The molecule has 21 heavy (non-hydrogen) atoms. The fourth-order valence-electron chi connectivity index (χ4n) is 1.29. The van der Waals surface area contributed by atoms with E-state index in [1.54, 1.807) is 0 Å². The van der Waals surface area contributed by atoms with E-state index < -0.39 is 31.7 Å². The zero-order chi connectivity index (χ0) is 16.3. The Morgan fingerprint density at radius 2 is 1.95 bits per heavy atom. The lowest BCUT2D eigenvalue weighted by Gasteiger charge is -2.19. The molecule has 1 rings (SSSR count). The molecular weight excluding hydrogens is 318 g/mol. The van der Waals surface area contributed by atoms with Crippen molar-refractivity contribution in [2.24, 2.45) is 9.78 Å². The van der Waals surface area contributed by atoms with Gasteiger partial charge in [-0.3, -0.25) is 4.79 Å². The molecule has 0 saturated carbocycles. The van der Waals surface area contributed by atoms with Crippen LogP contribution in [0, 0.1) is 5.41 Å². The number of sulfone groups is 1. The van der Waals surface area contributed by atoms with Crippen LogP contribution < -0.4 is 4.74 Å². The molecule has 0 amide bonds. The van der Waals surface area contributed by atoms with Gasteiger partial charge in [-0.25, -0.2) is 8.42 Å². The van der Waals surface area contributed by atoms with Crippen LogP contribution in [0.25, 0.3) is 0 Å². The highest BCUT2D eigenvalue weighted by Crippen LogP contribution is 2.23. The maximum atomic E-state index is 12.0. The van der Waals surface area contributed by atoms with Gasteiger partial charge in [-0.1, -0.05) is 6.07 Å². The number of esters is 1. The fraction of sp³-hybridized carbons (Fsp3) is 0.417. The van der Waals surface area contributed by atoms with Gasteiger partial charge in [0.25, 0.3) is 0 Å². The predicted molar refractivity (Wildman–Crippen MR) is 75.2 cm³/mol.